The van der Waals surface area contributed by atoms with Gasteiger partial charge in [-0.3, -0.25) is 4.79 Å². The maximum atomic E-state index is 12.4. The summed E-state index contributed by atoms with van der Waals surface area (Å²) in [5, 5.41) is 7.18. The zero-order chi connectivity index (χ0) is 33.4. The summed E-state index contributed by atoms with van der Waals surface area (Å²) in [5.74, 6) is 0.826. The number of anilines is 4. The molecule has 5 rings (SSSR count). The second-order valence-electron chi connectivity index (χ2n) is 9.09. The Morgan fingerprint density at radius 3 is 2.95 bits per heavy atom. The van der Waals surface area contributed by atoms with Crippen molar-refractivity contribution in [2.24, 2.45) is 0 Å². The van der Waals surface area contributed by atoms with E-state index in [4.69, 9.17) is 34.3 Å². The summed E-state index contributed by atoms with van der Waals surface area (Å²) in [4.78, 5) is 23.6. The summed E-state index contributed by atoms with van der Waals surface area (Å²) in [5.41, 5.74) is 3.41. The number of carbonyl (C=O) groups is 1. The Kier molecular flexibility index (Phi) is 5.90. The lowest BCUT2D eigenvalue weighted by Gasteiger charge is -2.26. The highest BCUT2D eigenvalue weighted by Gasteiger charge is 2.21. The van der Waals surface area contributed by atoms with Gasteiger partial charge in [0.25, 0.3) is 0 Å². The number of amides is 1. The fourth-order valence-corrected chi connectivity index (χ4v) is 4.80. The first kappa shape index (κ1) is 20.6. The monoisotopic (exact) mass is 567 g/mol. The highest BCUT2D eigenvalue weighted by molar-refractivity contribution is 6.33. The number of benzene rings is 2. The molecule has 0 radical (unpaired) electrons. The molecule has 0 unspecified atom stereocenters. The van der Waals surface area contributed by atoms with Crippen LogP contribution in [0.3, 0.4) is 0 Å². The van der Waals surface area contributed by atoms with Gasteiger partial charge in [0.15, 0.2) is 0 Å². The Balaban J connectivity index is 1.49. The van der Waals surface area contributed by atoms with E-state index in [0.29, 0.717) is 51.6 Å². The van der Waals surface area contributed by atoms with Crippen molar-refractivity contribution in [3.8, 4) is 22.8 Å². The fourth-order valence-electron chi connectivity index (χ4n) is 4.60. The van der Waals surface area contributed by atoms with E-state index in [1.807, 2.05) is 24.4 Å². The standard InChI is InChI=1S/C29H32ClN7O3/c1-6-26(38)32-21-14-22(25(39-5)15-23(21)36(4)11-10-35(2)3)33-29-31-16-20(30)27(34-29)19-17-37-12-13-40-24-9-7-8-18(19)28(24)37/h6-9,14-17H,1,10-13H2,2-5H3,(H,32,38)(H,31,33,34)/i2D3,3D3. The molecular weight excluding hydrogens is 530 g/mol. The van der Waals surface area contributed by atoms with Gasteiger partial charge in [0.2, 0.25) is 11.9 Å². The minimum Gasteiger partial charge on any atom is -0.494 e. The molecule has 2 aromatic heterocycles. The van der Waals surface area contributed by atoms with Gasteiger partial charge in [0, 0.05) is 51.6 Å². The Morgan fingerprint density at radius 1 is 1.32 bits per heavy atom. The maximum absolute atomic E-state index is 12.4. The third-order valence-electron chi connectivity index (χ3n) is 6.53. The average Bonchev–Trinajstić information content (AvgIpc) is 3.37. The molecule has 2 N–H and O–H groups in total. The van der Waals surface area contributed by atoms with E-state index in [1.165, 1.54) is 13.3 Å². The molecule has 1 aliphatic rings. The van der Waals surface area contributed by atoms with E-state index in [-0.39, 0.29) is 19.0 Å². The zero-order valence-electron chi connectivity index (χ0n) is 28.0. The van der Waals surface area contributed by atoms with Crippen molar-refractivity contribution in [3.05, 3.63) is 60.4 Å². The maximum Gasteiger partial charge on any atom is 0.247 e. The average molecular weight is 568 g/mol. The molecule has 40 heavy (non-hydrogen) atoms. The van der Waals surface area contributed by atoms with Crippen molar-refractivity contribution in [2.75, 3.05) is 63.3 Å². The molecule has 10 nitrogen and oxygen atoms in total. The molecule has 208 valence electrons. The first-order valence-corrected chi connectivity index (χ1v) is 12.8. The van der Waals surface area contributed by atoms with Gasteiger partial charge >= 0.3 is 0 Å². The second-order valence-corrected chi connectivity index (χ2v) is 9.50. The number of para-hydroxylation sites is 1. The molecule has 1 aliphatic heterocycles. The molecular formula is C29H32ClN7O3. The zero-order valence-corrected chi connectivity index (χ0v) is 22.7. The predicted octanol–water partition coefficient (Wildman–Crippen LogP) is 5.02. The molecule has 0 spiro atoms. The number of likely N-dealkylation sites (N-methyl/N-ethyl adjacent to an activating group) is 2. The van der Waals surface area contributed by atoms with Gasteiger partial charge in [-0.1, -0.05) is 30.3 Å². The molecule has 1 amide bonds. The first-order valence-electron chi connectivity index (χ1n) is 15.4. The first-order chi connectivity index (χ1) is 21.7. The smallest absolute Gasteiger partial charge is 0.247 e. The summed E-state index contributed by atoms with van der Waals surface area (Å²) >= 11 is 6.61. The van der Waals surface area contributed by atoms with Crippen molar-refractivity contribution in [2.45, 2.75) is 6.54 Å². The second kappa shape index (κ2) is 11.4. The SMILES string of the molecule is [2H]C([2H])([2H])N(CCN(C)c1cc(OC)c(Nc2ncc(Cl)c(-c3cn4c5c(cccc35)OCC4)n2)cc1NC(=O)C=C)C([2H])([2H])[2H]. The molecule has 0 aliphatic carbocycles. The topological polar surface area (TPSA) is 96.8 Å². The Bertz CT molecular complexity index is 1780. The fraction of sp³-hybridized carbons (Fsp3) is 0.276. The third-order valence-corrected chi connectivity index (χ3v) is 6.80. The summed E-state index contributed by atoms with van der Waals surface area (Å²) in [6.07, 6.45) is 4.58. The van der Waals surface area contributed by atoms with Crippen LogP contribution in [-0.4, -0.2) is 73.1 Å². The molecule has 2 aromatic carbocycles. The van der Waals surface area contributed by atoms with E-state index < -0.39 is 19.9 Å². The van der Waals surface area contributed by atoms with E-state index in [1.54, 1.807) is 24.1 Å². The van der Waals surface area contributed by atoms with Crippen LogP contribution in [0, 0.1) is 0 Å². The lowest BCUT2D eigenvalue weighted by molar-refractivity contribution is -0.111. The number of carbonyl (C=O) groups excluding carboxylic acids is 1. The molecule has 0 saturated heterocycles. The number of hydrogen-bond donors (Lipinski definition) is 2. The molecule has 4 aromatic rings. The normalized spacial score (nSPS) is 15.1. The molecule has 0 bridgehead atoms. The number of nitrogens with one attached hydrogen (secondary N) is 2. The Morgan fingerprint density at radius 2 is 2.17 bits per heavy atom. The van der Waals surface area contributed by atoms with Gasteiger partial charge in [0.05, 0.1) is 53.1 Å². The molecule has 0 saturated carbocycles. The van der Waals surface area contributed by atoms with Gasteiger partial charge in [-0.15, -0.1) is 0 Å². The van der Waals surface area contributed by atoms with Gasteiger partial charge in [-0.25, -0.2) is 9.97 Å². The molecule has 0 fully saturated rings. The van der Waals surface area contributed by atoms with Crippen molar-refractivity contribution in [1.29, 1.82) is 0 Å². The van der Waals surface area contributed by atoms with E-state index >= 15 is 0 Å². The Hall–Kier alpha value is -4.28. The van der Waals surface area contributed by atoms with Crippen LogP contribution in [-0.2, 0) is 11.3 Å². The number of ether oxygens (including phenoxy) is 2. The molecule has 11 heteroatoms. The van der Waals surface area contributed by atoms with Gasteiger partial charge in [-0.05, 0) is 32.2 Å². The quantitative estimate of drug-likeness (QED) is 0.258. The van der Waals surface area contributed by atoms with Gasteiger partial charge in [0.1, 0.15) is 18.1 Å². The number of halogens is 1. The summed E-state index contributed by atoms with van der Waals surface area (Å²) in [7, 11) is 3.10. The lowest BCUT2D eigenvalue weighted by atomic mass is 10.1. The van der Waals surface area contributed by atoms with E-state index in [0.717, 1.165) is 28.3 Å². The van der Waals surface area contributed by atoms with E-state index in [2.05, 4.69) is 26.8 Å². The number of aromatic nitrogens is 3. The van der Waals surface area contributed by atoms with Crippen LogP contribution in [0.25, 0.3) is 22.2 Å². The molecule has 3 heterocycles. The summed E-state index contributed by atoms with van der Waals surface area (Å²) < 4.78 is 59.5. The highest BCUT2D eigenvalue weighted by Crippen LogP contribution is 2.41. The van der Waals surface area contributed by atoms with Crippen molar-refractivity contribution in [3.63, 3.8) is 0 Å². The van der Waals surface area contributed by atoms with Crippen LogP contribution in [0.15, 0.2) is 55.4 Å². The summed E-state index contributed by atoms with van der Waals surface area (Å²) in [6.45, 7) is -1.24. The minimum absolute atomic E-state index is 0.00627. The van der Waals surface area contributed by atoms with Gasteiger partial charge in [-0.2, -0.15) is 0 Å². The van der Waals surface area contributed by atoms with Crippen LogP contribution in [0.5, 0.6) is 11.5 Å². The van der Waals surface area contributed by atoms with Crippen LogP contribution in [0.4, 0.5) is 23.0 Å². The summed E-state index contributed by atoms with van der Waals surface area (Å²) in [6, 6.07) is 9.04. The van der Waals surface area contributed by atoms with Crippen LogP contribution < -0.4 is 25.0 Å². The van der Waals surface area contributed by atoms with Crippen molar-refractivity contribution < 1.29 is 22.5 Å². The lowest BCUT2D eigenvalue weighted by Crippen LogP contribution is -2.29. The van der Waals surface area contributed by atoms with E-state index in [9.17, 15) is 4.79 Å². The van der Waals surface area contributed by atoms with Crippen LogP contribution >= 0.6 is 11.6 Å². The third kappa shape index (κ3) is 5.41. The highest BCUT2D eigenvalue weighted by atomic mass is 35.5. The number of hydrogen-bond acceptors (Lipinski definition) is 8. The van der Waals surface area contributed by atoms with Crippen LogP contribution in [0.1, 0.15) is 8.22 Å². The number of rotatable bonds is 10. The number of methoxy groups -OCH3 is 1. The minimum atomic E-state index is -2.84. The largest absolute Gasteiger partial charge is 0.494 e. The molecule has 0 atom stereocenters. The van der Waals surface area contributed by atoms with Crippen LogP contribution in [0.2, 0.25) is 5.02 Å². The number of nitrogens with zero attached hydrogens (tertiary/aromatic N) is 5. The van der Waals surface area contributed by atoms with Crippen molar-refractivity contribution in [1.82, 2.24) is 19.4 Å². The Labute approximate surface area is 246 Å². The van der Waals surface area contributed by atoms with Gasteiger partial charge < -0.3 is 34.5 Å². The van der Waals surface area contributed by atoms with Crippen molar-refractivity contribution >= 4 is 51.4 Å². The predicted molar refractivity (Wildman–Crippen MR) is 160 cm³/mol.